The molecule has 0 aliphatic rings. The first-order chi connectivity index (χ1) is 10.2. The van der Waals surface area contributed by atoms with Crippen molar-refractivity contribution >= 4 is 22.6 Å². The SMILES string of the molecule is CCC(=O)Nc1ccc2c(c1)ncn2-c1ccccc1C. The Morgan fingerprint density at radius 3 is 2.81 bits per heavy atom. The zero-order valence-corrected chi connectivity index (χ0v) is 12.1. The summed E-state index contributed by atoms with van der Waals surface area (Å²) < 4.78 is 2.07. The van der Waals surface area contributed by atoms with E-state index in [2.05, 4.69) is 33.9 Å². The fraction of sp³-hybridized carbons (Fsp3) is 0.176. The van der Waals surface area contributed by atoms with Gasteiger partial charge < -0.3 is 5.32 Å². The molecule has 0 aliphatic heterocycles. The minimum Gasteiger partial charge on any atom is -0.326 e. The van der Waals surface area contributed by atoms with Crippen LogP contribution in [0.3, 0.4) is 0 Å². The number of hydrogen-bond donors (Lipinski definition) is 1. The van der Waals surface area contributed by atoms with Crippen molar-refractivity contribution in [2.24, 2.45) is 0 Å². The van der Waals surface area contributed by atoms with Crippen molar-refractivity contribution in [1.82, 2.24) is 9.55 Å². The number of anilines is 1. The van der Waals surface area contributed by atoms with E-state index in [0.29, 0.717) is 6.42 Å². The first kappa shape index (κ1) is 13.4. The molecule has 0 unspecified atom stereocenters. The Hall–Kier alpha value is -2.62. The number of carbonyl (C=O) groups excluding carboxylic acids is 1. The summed E-state index contributed by atoms with van der Waals surface area (Å²) in [5, 5.41) is 2.86. The third-order valence-corrected chi connectivity index (χ3v) is 3.53. The monoisotopic (exact) mass is 279 g/mol. The van der Waals surface area contributed by atoms with E-state index in [4.69, 9.17) is 0 Å². The highest BCUT2D eigenvalue weighted by molar-refractivity contribution is 5.93. The lowest BCUT2D eigenvalue weighted by Crippen LogP contribution is -2.09. The van der Waals surface area contributed by atoms with Gasteiger partial charge in [-0.05, 0) is 36.8 Å². The number of nitrogens with zero attached hydrogens (tertiary/aromatic N) is 2. The van der Waals surface area contributed by atoms with Crippen molar-refractivity contribution in [3.05, 3.63) is 54.4 Å². The van der Waals surface area contributed by atoms with Crippen molar-refractivity contribution in [3.8, 4) is 5.69 Å². The summed E-state index contributed by atoms with van der Waals surface area (Å²) in [4.78, 5) is 15.9. The summed E-state index contributed by atoms with van der Waals surface area (Å²) in [5.74, 6) is 0.00712. The number of carbonyl (C=O) groups is 1. The van der Waals surface area contributed by atoms with Crippen LogP contribution in [0, 0.1) is 6.92 Å². The first-order valence-electron chi connectivity index (χ1n) is 7.02. The first-order valence-corrected chi connectivity index (χ1v) is 7.02. The van der Waals surface area contributed by atoms with Gasteiger partial charge in [0.25, 0.3) is 0 Å². The van der Waals surface area contributed by atoms with Gasteiger partial charge >= 0.3 is 0 Å². The highest BCUT2D eigenvalue weighted by Gasteiger charge is 2.08. The minimum absolute atomic E-state index is 0.00712. The van der Waals surface area contributed by atoms with Gasteiger partial charge in [-0.2, -0.15) is 0 Å². The van der Waals surface area contributed by atoms with Gasteiger partial charge in [0.15, 0.2) is 0 Å². The normalized spacial score (nSPS) is 10.8. The summed E-state index contributed by atoms with van der Waals surface area (Å²) in [7, 11) is 0. The van der Waals surface area contributed by atoms with Crippen LogP contribution in [0.1, 0.15) is 18.9 Å². The lowest BCUT2D eigenvalue weighted by atomic mass is 10.2. The molecule has 0 radical (unpaired) electrons. The summed E-state index contributed by atoms with van der Waals surface area (Å²) in [5.41, 5.74) is 4.99. The minimum atomic E-state index is 0.00712. The largest absolute Gasteiger partial charge is 0.326 e. The van der Waals surface area contributed by atoms with E-state index in [0.717, 1.165) is 22.4 Å². The average molecular weight is 279 g/mol. The van der Waals surface area contributed by atoms with E-state index >= 15 is 0 Å². The van der Waals surface area contributed by atoms with Gasteiger partial charge in [0.1, 0.15) is 6.33 Å². The molecule has 3 rings (SSSR count). The number of hydrogen-bond acceptors (Lipinski definition) is 2. The lowest BCUT2D eigenvalue weighted by molar-refractivity contribution is -0.115. The Kier molecular flexibility index (Phi) is 3.44. The summed E-state index contributed by atoms with van der Waals surface area (Å²) >= 11 is 0. The fourth-order valence-electron chi connectivity index (χ4n) is 2.37. The van der Waals surface area contributed by atoms with Gasteiger partial charge in [-0.1, -0.05) is 25.1 Å². The van der Waals surface area contributed by atoms with Crippen molar-refractivity contribution in [2.45, 2.75) is 20.3 Å². The summed E-state index contributed by atoms with van der Waals surface area (Å²) in [6, 6.07) is 14.0. The van der Waals surface area contributed by atoms with Crippen LogP contribution in [0.4, 0.5) is 5.69 Å². The van der Waals surface area contributed by atoms with Crippen molar-refractivity contribution < 1.29 is 4.79 Å². The predicted molar refractivity (Wildman–Crippen MR) is 84.7 cm³/mol. The van der Waals surface area contributed by atoms with Gasteiger partial charge in [-0.15, -0.1) is 0 Å². The molecule has 1 amide bonds. The maximum absolute atomic E-state index is 11.5. The molecule has 1 heterocycles. The number of fused-ring (bicyclic) bond motifs is 1. The Balaban J connectivity index is 2.04. The lowest BCUT2D eigenvalue weighted by Gasteiger charge is -2.08. The van der Waals surface area contributed by atoms with Gasteiger partial charge in [-0.25, -0.2) is 4.98 Å². The fourth-order valence-corrected chi connectivity index (χ4v) is 2.37. The van der Waals surface area contributed by atoms with Gasteiger partial charge in [0.2, 0.25) is 5.91 Å². The Morgan fingerprint density at radius 1 is 1.24 bits per heavy atom. The Labute approximate surface area is 123 Å². The average Bonchev–Trinajstić information content (AvgIpc) is 2.90. The molecule has 2 aromatic carbocycles. The second kappa shape index (κ2) is 5.40. The maximum Gasteiger partial charge on any atom is 0.224 e. The van der Waals surface area contributed by atoms with Crippen LogP contribution in [-0.4, -0.2) is 15.5 Å². The van der Waals surface area contributed by atoms with E-state index in [1.807, 2.05) is 43.6 Å². The molecule has 4 nitrogen and oxygen atoms in total. The molecule has 0 saturated heterocycles. The Bertz CT molecular complexity index is 805. The van der Waals surface area contributed by atoms with Crippen molar-refractivity contribution in [1.29, 1.82) is 0 Å². The van der Waals surface area contributed by atoms with Crippen LogP contribution < -0.4 is 5.32 Å². The third kappa shape index (κ3) is 2.52. The molecule has 0 fully saturated rings. The molecule has 4 heteroatoms. The molecule has 0 atom stereocenters. The van der Waals surface area contributed by atoms with E-state index in [9.17, 15) is 4.79 Å². The van der Waals surface area contributed by atoms with Crippen LogP contribution in [0.15, 0.2) is 48.8 Å². The zero-order chi connectivity index (χ0) is 14.8. The second-order valence-electron chi connectivity index (χ2n) is 5.01. The number of imidazole rings is 1. The number of aromatic nitrogens is 2. The molecular formula is C17H17N3O. The topological polar surface area (TPSA) is 46.9 Å². The number of aryl methyl sites for hydroxylation is 1. The quantitative estimate of drug-likeness (QED) is 0.795. The Morgan fingerprint density at radius 2 is 2.05 bits per heavy atom. The van der Waals surface area contributed by atoms with Gasteiger partial charge in [-0.3, -0.25) is 9.36 Å². The zero-order valence-electron chi connectivity index (χ0n) is 12.1. The summed E-state index contributed by atoms with van der Waals surface area (Å²) in [6.07, 6.45) is 2.29. The van der Waals surface area contributed by atoms with E-state index in [1.54, 1.807) is 0 Å². The van der Waals surface area contributed by atoms with E-state index in [1.165, 1.54) is 5.56 Å². The van der Waals surface area contributed by atoms with Crippen molar-refractivity contribution in [2.75, 3.05) is 5.32 Å². The smallest absolute Gasteiger partial charge is 0.224 e. The van der Waals surface area contributed by atoms with Crippen LogP contribution in [0.5, 0.6) is 0 Å². The highest BCUT2D eigenvalue weighted by Crippen LogP contribution is 2.23. The predicted octanol–water partition coefficient (Wildman–Crippen LogP) is 3.68. The van der Waals surface area contributed by atoms with E-state index in [-0.39, 0.29) is 5.91 Å². The molecule has 1 aromatic heterocycles. The van der Waals surface area contributed by atoms with Crippen LogP contribution in [-0.2, 0) is 4.79 Å². The maximum atomic E-state index is 11.5. The number of nitrogens with one attached hydrogen (secondary N) is 1. The molecule has 0 bridgehead atoms. The van der Waals surface area contributed by atoms with Gasteiger partial charge in [0.05, 0.1) is 16.7 Å². The molecule has 0 saturated carbocycles. The second-order valence-corrected chi connectivity index (χ2v) is 5.01. The highest BCUT2D eigenvalue weighted by atomic mass is 16.1. The third-order valence-electron chi connectivity index (χ3n) is 3.53. The number of para-hydroxylation sites is 1. The van der Waals surface area contributed by atoms with Crippen LogP contribution in [0.2, 0.25) is 0 Å². The molecule has 106 valence electrons. The van der Waals surface area contributed by atoms with E-state index < -0.39 is 0 Å². The van der Waals surface area contributed by atoms with Crippen molar-refractivity contribution in [3.63, 3.8) is 0 Å². The van der Waals surface area contributed by atoms with Crippen LogP contribution in [0.25, 0.3) is 16.7 Å². The molecule has 3 aromatic rings. The molecule has 21 heavy (non-hydrogen) atoms. The number of rotatable bonds is 3. The van der Waals surface area contributed by atoms with Crippen LogP contribution >= 0.6 is 0 Å². The summed E-state index contributed by atoms with van der Waals surface area (Å²) in [6.45, 7) is 3.91. The number of benzene rings is 2. The standard InChI is InChI=1S/C17H17N3O/c1-3-17(21)19-13-8-9-16-14(10-13)18-11-20(16)15-7-5-4-6-12(15)2/h4-11H,3H2,1-2H3,(H,19,21). The van der Waals surface area contributed by atoms with Gasteiger partial charge in [0, 0.05) is 12.1 Å². The molecule has 1 N–H and O–H groups in total. The molecular weight excluding hydrogens is 262 g/mol. The number of amides is 1. The molecule has 0 spiro atoms. The molecule has 0 aliphatic carbocycles.